The maximum Gasteiger partial charge on any atom is 0.203 e. The Morgan fingerprint density at radius 3 is 2.50 bits per heavy atom. The molecule has 0 aliphatic carbocycles. The molecule has 0 fully saturated rings. The van der Waals surface area contributed by atoms with Crippen LogP contribution in [-0.4, -0.2) is 9.55 Å². The molecule has 1 heterocycles. The van der Waals surface area contributed by atoms with E-state index < -0.39 is 0 Å². The van der Waals surface area contributed by atoms with Crippen LogP contribution in [0.15, 0.2) is 42.6 Å². The van der Waals surface area contributed by atoms with Crippen molar-refractivity contribution in [1.82, 2.24) is 9.55 Å². The predicted octanol–water partition coefficient (Wildman–Crippen LogP) is 5.62. The van der Waals surface area contributed by atoms with Crippen molar-refractivity contribution < 1.29 is 0 Å². The maximum absolute atomic E-state index is 6.06. The third-order valence-electron chi connectivity index (χ3n) is 4.23. The number of hydrogen-bond donors (Lipinski definition) is 1. The molecular weight excluding hydrogens is 341 g/mol. The minimum absolute atomic E-state index is 0.562. The van der Waals surface area contributed by atoms with Gasteiger partial charge in [0.15, 0.2) is 0 Å². The molecule has 0 radical (unpaired) electrons. The number of imidazole rings is 1. The maximum atomic E-state index is 6.06. The fourth-order valence-electron chi connectivity index (χ4n) is 2.57. The van der Waals surface area contributed by atoms with Crippen LogP contribution in [-0.2, 0) is 13.6 Å². The van der Waals surface area contributed by atoms with Gasteiger partial charge in [0.05, 0.1) is 21.9 Å². The minimum atomic E-state index is 0.562. The highest BCUT2D eigenvalue weighted by atomic mass is 35.5. The zero-order valence-electron chi connectivity index (χ0n) is 13.9. The Labute approximate surface area is 152 Å². The average molecular weight is 360 g/mol. The summed E-state index contributed by atoms with van der Waals surface area (Å²) < 4.78 is 2.06. The van der Waals surface area contributed by atoms with Gasteiger partial charge in [0.2, 0.25) is 5.95 Å². The van der Waals surface area contributed by atoms with Gasteiger partial charge in [-0.15, -0.1) is 0 Å². The molecule has 0 aliphatic heterocycles. The molecule has 0 saturated heterocycles. The zero-order valence-corrected chi connectivity index (χ0v) is 15.4. The lowest BCUT2D eigenvalue weighted by Gasteiger charge is -2.10. The summed E-state index contributed by atoms with van der Waals surface area (Å²) in [6.07, 6.45) is 1.89. The third kappa shape index (κ3) is 3.42. The summed E-state index contributed by atoms with van der Waals surface area (Å²) in [6, 6.07) is 12.1. The molecule has 0 saturated carbocycles. The number of halogens is 2. The fourth-order valence-corrected chi connectivity index (χ4v) is 2.89. The molecule has 24 heavy (non-hydrogen) atoms. The Balaban J connectivity index is 1.79. The topological polar surface area (TPSA) is 29.9 Å². The van der Waals surface area contributed by atoms with Crippen LogP contribution in [0.3, 0.4) is 0 Å². The predicted molar refractivity (Wildman–Crippen MR) is 102 cm³/mol. The Morgan fingerprint density at radius 2 is 1.79 bits per heavy atom. The third-order valence-corrected chi connectivity index (χ3v) is 4.96. The van der Waals surface area contributed by atoms with Gasteiger partial charge in [-0.05, 0) is 48.7 Å². The van der Waals surface area contributed by atoms with E-state index in [0.29, 0.717) is 16.6 Å². The first-order valence-corrected chi connectivity index (χ1v) is 8.48. The van der Waals surface area contributed by atoms with Gasteiger partial charge in [-0.3, -0.25) is 0 Å². The second kappa shape index (κ2) is 6.88. The first-order chi connectivity index (χ1) is 11.5. The Morgan fingerprint density at radius 1 is 1.00 bits per heavy atom. The van der Waals surface area contributed by atoms with Gasteiger partial charge < -0.3 is 9.88 Å². The highest BCUT2D eigenvalue weighted by molar-refractivity contribution is 6.42. The SMILES string of the molecule is Cc1ccc(-c2cnc(NCc3ccc(Cl)c(Cl)c3)n2C)cc1C. The number of aromatic nitrogens is 2. The quantitative estimate of drug-likeness (QED) is 0.654. The van der Waals surface area contributed by atoms with Gasteiger partial charge in [-0.2, -0.15) is 0 Å². The van der Waals surface area contributed by atoms with Crippen LogP contribution in [0.1, 0.15) is 16.7 Å². The molecule has 0 atom stereocenters. The number of aryl methyl sites for hydroxylation is 2. The molecular formula is C19H19Cl2N3. The lowest BCUT2D eigenvalue weighted by molar-refractivity contribution is 0.906. The van der Waals surface area contributed by atoms with E-state index >= 15 is 0 Å². The Kier molecular flexibility index (Phi) is 4.83. The van der Waals surface area contributed by atoms with E-state index in [0.717, 1.165) is 22.8 Å². The van der Waals surface area contributed by atoms with Crippen molar-refractivity contribution >= 4 is 29.2 Å². The summed E-state index contributed by atoms with van der Waals surface area (Å²) >= 11 is 12.0. The number of rotatable bonds is 4. The second-order valence-electron chi connectivity index (χ2n) is 5.93. The normalized spacial score (nSPS) is 10.9. The molecule has 3 rings (SSSR count). The number of hydrogen-bond acceptors (Lipinski definition) is 2. The number of benzene rings is 2. The van der Waals surface area contributed by atoms with E-state index in [1.54, 1.807) is 6.07 Å². The van der Waals surface area contributed by atoms with Crippen LogP contribution in [0.5, 0.6) is 0 Å². The van der Waals surface area contributed by atoms with E-state index in [1.807, 2.05) is 25.4 Å². The number of nitrogens with zero attached hydrogens (tertiary/aromatic N) is 2. The van der Waals surface area contributed by atoms with Crippen molar-refractivity contribution in [2.45, 2.75) is 20.4 Å². The molecule has 3 nitrogen and oxygen atoms in total. The van der Waals surface area contributed by atoms with Crippen LogP contribution in [0.2, 0.25) is 10.0 Å². The van der Waals surface area contributed by atoms with Crippen molar-refractivity contribution in [2.75, 3.05) is 5.32 Å². The average Bonchev–Trinajstić information content (AvgIpc) is 2.92. The molecule has 1 aromatic heterocycles. The molecule has 1 N–H and O–H groups in total. The van der Waals surface area contributed by atoms with Crippen molar-refractivity contribution in [3.63, 3.8) is 0 Å². The van der Waals surface area contributed by atoms with E-state index in [1.165, 1.54) is 11.1 Å². The Bertz CT molecular complexity index is 884. The first-order valence-electron chi connectivity index (χ1n) is 7.73. The highest BCUT2D eigenvalue weighted by Gasteiger charge is 2.09. The lowest BCUT2D eigenvalue weighted by atomic mass is 10.0. The van der Waals surface area contributed by atoms with Crippen LogP contribution in [0.25, 0.3) is 11.3 Å². The summed E-state index contributed by atoms with van der Waals surface area (Å²) in [4.78, 5) is 4.49. The van der Waals surface area contributed by atoms with Gasteiger partial charge in [-0.1, -0.05) is 41.4 Å². The number of anilines is 1. The smallest absolute Gasteiger partial charge is 0.203 e. The van der Waals surface area contributed by atoms with Crippen molar-refractivity contribution in [3.05, 3.63) is 69.3 Å². The summed E-state index contributed by atoms with van der Waals surface area (Å²) in [5, 5.41) is 4.47. The van der Waals surface area contributed by atoms with Crippen molar-refractivity contribution in [2.24, 2.45) is 7.05 Å². The molecule has 5 heteroatoms. The van der Waals surface area contributed by atoms with E-state index in [-0.39, 0.29) is 0 Å². The summed E-state index contributed by atoms with van der Waals surface area (Å²) in [6.45, 7) is 4.87. The monoisotopic (exact) mass is 359 g/mol. The van der Waals surface area contributed by atoms with Gasteiger partial charge >= 0.3 is 0 Å². The molecule has 0 unspecified atom stereocenters. The molecule has 0 spiro atoms. The summed E-state index contributed by atoms with van der Waals surface area (Å²) in [7, 11) is 2.01. The lowest BCUT2D eigenvalue weighted by Crippen LogP contribution is -2.05. The molecule has 3 aromatic rings. The second-order valence-corrected chi connectivity index (χ2v) is 6.74. The summed E-state index contributed by atoms with van der Waals surface area (Å²) in [5.74, 6) is 0.814. The molecule has 0 aliphatic rings. The molecule has 0 bridgehead atoms. The standard InChI is InChI=1S/C19H19Cl2N3/c1-12-4-6-15(8-13(12)2)18-11-23-19(24(18)3)22-10-14-5-7-16(20)17(21)9-14/h4-9,11H,10H2,1-3H3,(H,22,23). The van der Waals surface area contributed by atoms with Gasteiger partial charge in [0.1, 0.15) is 0 Å². The van der Waals surface area contributed by atoms with Crippen molar-refractivity contribution in [3.8, 4) is 11.3 Å². The first kappa shape index (κ1) is 16.9. The van der Waals surface area contributed by atoms with Crippen LogP contribution >= 0.6 is 23.2 Å². The van der Waals surface area contributed by atoms with Crippen LogP contribution in [0.4, 0.5) is 5.95 Å². The van der Waals surface area contributed by atoms with Gasteiger partial charge in [0.25, 0.3) is 0 Å². The van der Waals surface area contributed by atoms with Gasteiger partial charge in [0, 0.05) is 19.2 Å². The summed E-state index contributed by atoms with van der Waals surface area (Å²) in [5.41, 5.74) is 5.86. The Hall–Kier alpha value is -1.97. The number of nitrogens with one attached hydrogen (secondary N) is 1. The van der Waals surface area contributed by atoms with Crippen LogP contribution < -0.4 is 5.32 Å². The zero-order chi connectivity index (χ0) is 17.3. The molecule has 0 amide bonds. The van der Waals surface area contributed by atoms with E-state index in [9.17, 15) is 0 Å². The largest absolute Gasteiger partial charge is 0.352 e. The fraction of sp³-hybridized carbons (Fsp3) is 0.211. The minimum Gasteiger partial charge on any atom is -0.352 e. The highest BCUT2D eigenvalue weighted by Crippen LogP contribution is 2.25. The van der Waals surface area contributed by atoms with E-state index in [2.05, 4.69) is 46.9 Å². The van der Waals surface area contributed by atoms with Gasteiger partial charge in [-0.25, -0.2) is 4.98 Å². The van der Waals surface area contributed by atoms with Crippen molar-refractivity contribution in [1.29, 1.82) is 0 Å². The molecule has 124 valence electrons. The van der Waals surface area contributed by atoms with E-state index in [4.69, 9.17) is 23.2 Å². The molecule has 2 aromatic carbocycles. The van der Waals surface area contributed by atoms with Crippen LogP contribution in [0, 0.1) is 13.8 Å².